The van der Waals surface area contributed by atoms with E-state index in [-0.39, 0.29) is 12.7 Å². The summed E-state index contributed by atoms with van der Waals surface area (Å²) in [5, 5.41) is 20.0. The fourth-order valence-corrected chi connectivity index (χ4v) is 3.35. The fourth-order valence-electron chi connectivity index (χ4n) is 2.24. The lowest BCUT2D eigenvalue weighted by Gasteiger charge is -2.10. The van der Waals surface area contributed by atoms with Gasteiger partial charge in [-0.05, 0) is 17.5 Å². The van der Waals surface area contributed by atoms with Crippen LogP contribution in [0.3, 0.4) is 0 Å². The largest absolute Gasteiger partial charge is 0.394 e. The van der Waals surface area contributed by atoms with Crippen molar-refractivity contribution in [2.24, 2.45) is 0 Å². The van der Waals surface area contributed by atoms with Gasteiger partial charge >= 0.3 is 0 Å². The molecule has 0 aliphatic carbocycles. The van der Waals surface area contributed by atoms with Crippen LogP contribution in [0.4, 0.5) is 0 Å². The van der Waals surface area contributed by atoms with E-state index in [1.54, 1.807) is 11.3 Å². The second kappa shape index (κ2) is 4.38. The van der Waals surface area contributed by atoms with Crippen molar-refractivity contribution >= 4 is 21.4 Å². The summed E-state index contributed by atoms with van der Waals surface area (Å²) in [6.45, 7) is -0.122. The van der Waals surface area contributed by atoms with Crippen LogP contribution in [0, 0.1) is 0 Å². The first-order valence-corrected chi connectivity index (χ1v) is 6.52. The molecule has 1 saturated heterocycles. The Morgan fingerprint density at radius 2 is 2.18 bits per heavy atom. The molecule has 17 heavy (non-hydrogen) atoms. The molecule has 3 nitrogen and oxygen atoms in total. The van der Waals surface area contributed by atoms with Gasteiger partial charge in [0, 0.05) is 16.0 Å². The van der Waals surface area contributed by atoms with E-state index in [1.807, 2.05) is 12.1 Å². The zero-order valence-electron chi connectivity index (χ0n) is 9.24. The maximum Gasteiger partial charge on any atom is 0.107 e. The van der Waals surface area contributed by atoms with Crippen molar-refractivity contribution in [3.05, 3.63) is 35.2 Å². The van der Waals surface area contributed by atoms with Gasteiger partial charge in [-0.15, -0.1) is 11.3 Å². The molecule has 2 aromatic rings. The Labute approximate surface area is 103 Å². The Kier molecular flexibility index (Phi) is 2.88. The van der Waals surface area contributed by atoms with Crippen LogP contribution in [0.15, 0.2) is 30.3 Å². The topological polar surface area (TPSA) is 49.7 Å². The number of aliphatic hydroxyl groups is 2. The highest BCUT2D eigenvalue weighted by atomic mass is 32.1. The molecule has 4 heteroatoms. The molecule has 3 rings (SSSR count). The van der Waals surface area contributed by atoms with E-state index >= 15 is 0 Å². The van der Waals surface area contributed by atoms with Crippen LogP contribution in [0.2, 0.25) is 0 Å². The first-order valence-electron chi connectivity index (χ1n) is 5.71. The second-order valence-corrected chi connectivity index (χ2v) is 5.45. The van der Waals surface area contributed by atoms with E-state index in [0.29, 0.717) is 6.42 Å². The third kappa shape index (κ3) is 1.98. The Morgan fingerprint density at radius 1 is 1.35 bits per heavy atom. The van der Waals surface area contributed by atoms with E-state index in [4.69, 9.17) is 9.84 Å². The molecule has 90 valence electrons. The van der Waals surface area contributed by atoms with E-state index < -0.39 is 12.2 Å². The third-order valence-corrected chi connectivity index (χ3v) is 4.37. The molecule has 0 radical (unpaired) electrons. The minimum atomic E-state index is -0.560. The highest BCUT2D eigenvalue weighted by Gasteiger charge is 2.34. The SMILES string of the molecule is OC[C@H]1OC(c2cc3ccccc3s2)C[C@@H]1O. The van der Waals surface area contributed by atoms with Crippen LogP contribution in [0.25, 0.3) is 10.1 Å². The van der Waals surface area contributed by atoms with Gasteiger partial charge in [0.15, 0.2) is 0 Å². The predicted molar refractivity (Wildman–Crippen MR) is 67.1 cm³/mol. The summed E-state index contributed by atoms with van der Waals surface area (Å²) < 4.78 is 6.88. The zero-order chi connectivity index (χ0) is 11.8. The summed E-state index contributed by atoms with van der Waals surface area (Å²) in [5.74, 6) is 0. The zero-order valence-corrected chi connectivity index (χ0v) is 10.1. The number of fused-ring (bicyclic) bond motifs is 1. The third-order valence-electron chi connectivity index (χ3n) is 3.17. The van der Waals surface area contributed by atoms with Gasteiger partial charge in [0.1, 0.15) is 6.10 Å². The van der Waals surface area contributed by atoms with E-state index in [9.17, 15) is 5.11 Å². The Bertz CT molecular complexity index is 489. The van der Waals surface area contributed by atoms with Gasteiger partial charge in [-0.3, -0.25) is 0 Å². The van der Waals surface area contributed by atoms with Gasteiger partial charge in [0.2, 0.25) is 0 Å². The monoisotopic (exact) mass is 250 g/mol. The molecule has 0 spiro atoms. The number of rotatable bonds is 2. The molecule has 1 aliphatic rings. The van der Waals surface area contributed by atoms with E-state index in [0.717, 1.165) is 4.88 Å². The smallest absolute Gasteiger partial charge is 0.107 e. The molecule has 1 aliphatic heterocycles. The van der Waals surface area contributed by atoms with Gasteiger partial charge in [-0.1, -0.05) is 18.2 Å². The number of benzene rings is 1. The van der Waals surface area contributed by atoms with Crippen LogP contribution in [0.1, 0.15) is 17.4 Å². The first kappa shape index (κ1) is 11.2. The summed E-state index contributed by atoms with van der Waals surface area (Å²) in [4.78, 5) is 1.13. The number of thiophene rings is 1. The molecule has 1 aromatic carbocycles. The normalized spacial score (nSPS) is 28.9. The van der Waals surface area contributed by atoms with E-state index in [1.165, 1.54) is 10.1 Å². The van der Waals surface area contributed by atoms with Gasteiger partial charge < -0.3 is 14.9 Å². The predicted octanol–water partition coefficient (Wildman–Crippen LogP) is 2.08. The van der Waals surface area contributed by atoms with E-state index in [2.05, 4.69) is 18.2 Å². The van der Waals surface area contributed by atoms with Crippen molar-refractivity contribution in [2.75, 3.05) is 6.61 Å². The molecule has 1 unspecified atom stereocenters. The van der Waals surface area contributed by atoms with Gasteiger partial charge in [0.05, 0.1) is 18.8 Å². The maximum absolute atomic E-state index is 9.72. The van der Waals surface area contributed by atoms with Crippen molar-refractivity contribution in [3.63, 3.8) is 0 Å². The Balaban J connectivity index is 1.89. The van der Waals surface area contributed by atoms with Crippen LogP contribution in [-0.2, 0) is 4.74 Å². The van der Waals surface area contributed by atoms with Crippen molar-refractivity contribution in [2.45, 2.75) is 24.7 Å². The number of aliphatic hydroxyl groups excluding tert-OH is 2. The Morgan fingerprint density at radius 3 is 2.88 bits per heavy atom. The highest BCUT2D eigenvalue weighted by molar-refractivity contribution is 7.19. The average molecular weight is 250 g/mol. The molecular formula is C13H14O3S. The van der Waals surface area contributed by atoms with Crippen LogP contribution < -0.4 is 0 Å². The molecule has 1 fully saturated rings. The summed E-state index contributed by atoms with van der Waals surface area (Å²) in [6.07, 6.45) is -0.516. The molecule has 0 bridgehead atoms. The number of hydrogen-bond donors (Lipinski definition) is 2. The fraction of sp³-hybridized carbons (Fsp3) is 0.385. The minimum absolute atomic E-state index is 0.0838. The van der Waals surface area contributed by atoms with Crippen molar-refractivity contribution in [1.82, 2.24) is 0 Å². The molecule has 2 heterocycles. The Hall–Kier alpha value is -0.940. The van der Waals surface area contributed by atoms with Crippen molar-refractivity contribution in [1.29, 1.82) is 0 Å². The first-order chi connectivity index (χ1) is 8.28. The molecule has 3 atom stereocenters. The molecule has 0 saturated carbocycles. The lowest BCUT2D eigenvalue weighted by molar-refractivity contribution is -0.0216. The van der Waals surface area contributed by atoms with Crippen molar-refractivity contribution in [3.8, 4) is 0 Å². The van der Waals surface area contributed by atoms with Crippen LogP contribution in [-0.4, -0.2) is 29.0 Å². The number of ether oxygens (including phenoxy) is 1. The van der Waals surface area contributed by atoms with Crippen LogP contribution in [0.5, 0.6) is 0 Å². The summed E-state index contributed by atoms with van der Waals surface area (Å²) in [7, 11) is 0. The standard InChI is InChI=1S/C13H14O3S/c14-7-11-9(15)6-10(16-11)13-5-8-3-1-2-4-12(8)17-13/h1-5,9-11,14-15H,6-7H2/t9-,10?,11+/m0/s1. The quantitative estimate of drug-likeness (QED) is 0.858. The van der Waals surface area contributed by atoms with Crippen LogP contribution >= 0.6 is 11.3 Å². The summed E-state index contributed by atoms with van der Waals surface area (Å²) >= 11 is 1.69. The average Bonchev–Trinajstić information content (AvgIpc) is 2.91. The molecule has 2 N–H and O–H groups in total. The van der Waals surface area contributed by atoms with Crippen molar-refractivity contribution < 1.29 is 14.9 Å². The second-order valence-electron chi connectivity index (χ2n) is 4.34. The molecule has 0 amide bonds. The van der Waals surface area contributed by atoms with Gasteiger partial charge in [0.25, 0.3) is 0 Å². The molecular weight excluding hydrogens is 236 g/mol. The van der Waals surface area contributed by atoms with Gasteiger partial charge in [-0.25, -0.2) is 0 Å². The minimum Gasteiger partial charge on any atom is -0.394 e. The lowest BCUT2D eigenvalue weighted by Crippen LogP contribution is -2.24. The molecule has 1 aromatic heterocycles. The maximum atomic E-state index is 9.72. The lowest BCUT2D eigenvalue weighted by atomic mass is 10.1. The van der Waals surface area contributed by atoms with Gasteiger partial charge in [-0.2, -0.15) is 0 Å². The summed E-state index contributed by atoms with van der Waals surface area (Å²) in [5.41, 5.74) is 0. The highest BCUT2D eigenvalue weighted by Crippen LogP contribution is 2.38. The summed E-state index contributed by atoms with van der Waals surface area (Å²) in [6, 6.07) is 10.3. The number of hydrogen-bond acceptors (Lipinski definition) is 4.